The number of methoxy groups -OCH3 is 1. The maximum atomic E-state index is 8.99. The smallest absolute Gasteiger partial charge is 0.191 e. The summed E-state index contributed by atoms with van der Waals surface area (Å²) in [5, 5.41) is 15.5. The summed E-state index contributed by atoms with van der Waals surface area (Å²) >= 11 is 0. The molecule has 28 heavy (non-hydrogen) atoms. The van der Waals surface area contributed by atoms with Crippen molar-refractivity contribution in [2.45, 2.75) is 26.5 Å². The predicted molar refractivity (Wildman–Crippen MR) is 122 cm³/mol. The molecule has 0 aliphatic heterocycles. The van der Waals surface area contributed by atoms with Gasteiger partial charge in [-0.05, 0) is 43.7 Å². The van der Waals surface area contributed by atoms with Gasteiger partial charge in [0.1, 0.15) is 17.6 Å². The van der Waals surface area contributed by atoms with E-state index in [2.05, 4.69) is 21.7 Å². The van der Waals surface area contributed by atoms with E-state index in [1.54, 1.807) is 13.2 Å². The Morgan fingerprint density at radius 2 is 1.89 bits per heavy atom. The normalized spacial score (nSPS) is 11.6. The number of benzene rings is 2. The lowest BCUT2D eigenvalue weighted by molar-refractivity contribution is 0.223. The van der Waals surface area contributed by atoms with Gasteiger partial charge in [-0.25, -0.2) is 4.99 Å². The van der Waals surface area contributed by atoms with Crippen LogP contribution in [-0.2, 0) is 6.54 Å². The van der Waals surface area contributed by atoms with Gasteiger partial charge in [0.2, 0.25) is 0 Å². The molecule has 150 valence electrons. The molecule has 7 heteroatoms. The Kier molecular flexibility index (Phi) is 10.8. The first-order valence-corrected chi connectivity index (χ1v) is 8.96. The number of rotatable bonds is 8. The van der Waals surface area contributed by atoms with Crippen molar-refractivity contribution in [3.63, 3.8) is 0 Å². The molecule has 0 heterocycles. The van der Waals surface area contributed by atoms with E-state index in [4.69, 9.17) is 14.7 Å². The van der Waals surface area contributed by atoms with E-state index in [0.29, 0.717) is 24.6 Å². The van der Waals surface area contributed by atoms with E-state index in [1.807, 2.05) is 56.3 Å². The molecular weight excluding hydrogens is 467 g/mol. The zero-order valence-electron chi connectivity index (χ0n) is 16.4. The second-order valence-electron chi connectivity index (χ2n) is 6.00. The third kappa shape index (κ3) is 8.05. The van der Waals surface area contributed by atoms with E-state index in [-0.39, 0.29) is 30.1 Å². The van der Waals surface area contributed by atoms with Gasteiger partial charge in [0.05, 0.1) is 31.8 Å². The number of halogens is 1. The van der Waals surface area contributed by atoms with Crippen LogP contribution in [0.25, 0.3) is 0 Å². The third-order valence-corrected chi connectivity index (χ3v) is 3.76. The number of nitriles is 1. The molecule has 0 saturated heterocycles. The van der Waals surface area contributed by atoms with Crippen LogP contribution in [0, 0.1) is 11.3 Å². The number of nitrogens with zero attached hydrogens (tertiary/aromatic N) is 2. The van der Waals surface area contributed by atoms with Crippen LogP contribution in [0.4, 0.5) is 0 Å². The highest BCUT2D eigenvalue weighted by molar-refractivity contribution is 14.0. The molecule has 0 aliphatic carbocycles. The van der Waals surface area contributed by atoms with Gasteiger partial charge in [0.15, 0.2) is 5.96 Å². The Morgan fingerprint density at radius 1 is 1.14 bits per heavy atom. The van der Waals surface area contributed by atoms with Crippen molar-refractivity contribution in [2.24, 2.45) is 4.99 Å². The lowest BCUT2D eigenvalue weighted by Gasteiger charge is -2.18. The summed E-state index contributed by atoms with van der Waals surface area (Å²) in [4.78, 5) is 4.57. The van der Waals surface area contributed by atoms with E-state index in [0.717, 1.165) is 23.6 Å². The van der Waals surface area contributed by atoms with Gasteiger partial charge >= 0.3 is 0 Å². The Bertz CT molecular complexity index is 805. The topological polar surface area (TPSA) is 78.7 Å². The molecule has 1 unspecified atom stereocenters. The summed E-state index contributed by atoms with van der Waals surface area (Å²) in [6, 6.07) is 17.2. The average molecular weight is 494 g/mol. The van der Waals surface area contributed by atoms with Crippen LogP contribution in [0.2, 0.25) is 0 Å². The van der Waals surface area contributed by atoms with Gasteiger partial charge in [-0.2, -0.15) is 5.26 Å². The summed E-state index contributed by atoms with van der Waals surface area (Å²) in [6.45, 7) is 5.86. The van der Waals surface area contributed by atoms with Crippen molar-refractivity contribution in [2.75, 3.05) is 20.2 Å². The third-order valence-electron chi connectivity index (χ3n) is 3.76. The summed E-state index contributed by atoms with van der Waals surface area (Å²) in [5.74, 6) is 2.24. The molecule has 1 atom stereocenters. The largest absolute Gasteiger partial charge is 0.497 e. The summed E-state index contributed by atoms with van der Waals surface area (Å²) in [7, 11) is 1.63. The fourth-order valence-corrected chi connectivity index (χ4v) is 2.44. The van der Waals surface area contributed by atoms with Crippen LogP contribution in [-0.4, -0.2) is 32.3 Å². The van der Waals surface area contributed by atoms with Crippen molar-refractivity contribution >= 4 is 29.9 Å². The van der Waals surface area contributed by atoms with Crippen LogP contribution >= 0.6 is 24.0 Å². The Hall–Kier alpha value is -2.47. The minimum atomic E-state index is -0.0529. The molecule has 2 aromatic carbocycles. The van der Waals surface area contributed by atoms with Gasteiger partial charge < -0.3 is 20.1 Å². The first kappa shape index (κ1) is 23.6. The Balaban J connectivity index is 0.00000392. The van der Waals surface area contributed by atoms with Crippen molar-refractivity contribution < 1.29 is 9.47 Å². The molecule has 2 rings (SSSR count). The monoisotopic (exact) mass is 494 g/mol. The number of aliphatic imine (C=N–C) groups is 1. The van der Waals surface area contributed by atoms with Crippen molar-refractivity contribution in [3.05, 3.63) is 59.7 Å². The van der Waals surface area contributed by atoms with Crippen molar-refractivity contribution in [1.82, 2.24) is 10.6 Å². The summed E-state index contributed by atoms with van der Waals surface area (Å²) in [6.07, 6.45) is -0.0529. The van der Waals surface area contributed by atoms with Crippen LogP contribution in [0.3, 0.4) is 0 Å². The maximum absolute atomic E-state index is 8.99. The second-order valence-corrected chi connectivity index (χ2v) is 6.00. The molecule has 0 aromatic heterocycles. The quantitative estimate of drug-likeness (QED) is 0.333. The molecule has 6 nitrogen and oxygen atoms in total. The molecule has 0 spiro atoms. The van der Waals surface area contributed by atoms with Gasteiger partial charge in [0, 0.05) is 12.6 Å². The highest BCUT2D eigenvalue weighted by Gasteiger charge is 2.07. The van der Waals surface area contributed by atoms with Crippen LogP contribution < -0.4 is 20.1 Å². The first-order valence-electron chi connectivity index (χ1n) is 8.96. The second kappa shape index (κ2) is 12.8. The summed E-state index contributed by atoms with van der Waals surface area (Å²) in [5.41, 5.74) is 1.63. The Morgan fingerprint density at radius 3 is 2.61 bits per heavy atom. The Labute approximate surface area is 184 Å². The maximum Gasteiger partial charge on any atom is 0.191 e. The number of hydrogen-bond donors (Lipinski definition) is 2. The molecule has 2 N–H and O–H groups in total. The zero-order chi connectivity index (χ0) is 19.5. The van der Waals surface area contributed by atoms with Crippen LogP contribution in [0.5, 0.6) is 11.5 Å². The average Bonchev–Trinajstić information content (AvgIpc) is 2.70. The minimum Gasteiger partial charge on any atom is -0.497 e. The van der Waals surface area contributed by atoms with E-state index in [1.165, 1.54) is 0 Å². The first-order chi connectivity index (χ1) is 13.1. The lowest BCUT2D eigenvalue weighted by atomic mass is 10.1. The minimum absolute atomic E-state index is 0. The molecule has 0 fully saturated rings. The highest BCUT2D eigenvalue weighted by Crippen LogP contribution is 2.19. The molecule has 2 aromatic rings. The van der Waals surface area contributed by atoms with E-state index >= 15 is 0 Å². The lowest BCUT2D eigenvalue weighted by Crippen LogP contribution is -2.41. The number of nitrogens with one attached hydrogen (secondary N) is 2. The highest BCUT2D eigenvalue weighted by atomic mass is 127. The van der Waals surface area contributed by atoms with Gasteiger partial charge in [-0.15, -0.1) is 24.0 Å². The van der Waals surface area contributed by atoms with Gasteiger partial charge in [-0.3, -0.25) is 0 Å². The van der Waals surface area contributed by atoms with Crippen molar-refractivity contribution in [3.8, 4) is 17.6 Å². The molecular formula is C21H27IN4O2. The van der Waals surface area contributed by atoms with Gasteiger partial charge in [0.25, 0.3) is 0 Å². The molecule has 0 saturated carbocycles. The molecule has 0 aliphatic rings. The molecule has 0 radical (unpaired) electrons. The number of hydrogen-bond acceptors (Lipinski definition) is 4. The van der Waals surface area contributed by atoms with Gasteiger partial charge in [-0.1, -0.05) is 18.2 Å². The van der Waals surface area contributed by atoms with E-state index < -0.39 is 0 Å². The zero-order valence-corrected chi connectivity index (χ0v) is 18.8. The number of ether oxygens (including phenoxy) is 2. The van der Waals surface area contributed by atoms with E-state index in [9.17, 15) is 0 Å². The molecule has 0 amide bonds. The van der Waals surface area contributed by atoms with Crippen LogP contribution in [0.15, 0.2) is 53.5 Å². The molecule has 0 bridgehead atoms. The SMILES string of the molecule is CCNC(=NCc1cccc(C#N)c1)NCC(C)Oc1cccc(OC)c1.I. The van der Waals surface area contributed by atoms with Crippen molar-refractivity contribution in [1.29, 1.82) is 5.26 Å². The fourth-order valence-electron chi connectivity index (χ4n) is 2.44. The fraction of sp³-hybridized carbons (Fsp3) is 0.333. The predicted octanol–water partition coefficient (Wildman–Crippen LogP) is 3.71. The number of guanidine groups is 1. The standard InChI is InChI=1S/C21H26N4O2.HI/c1-4-23-21(25-15-18-8-5-7-17(11-18)13-22)24-14-16(2)27-20-10-6-9-19(12-20)26-3;/h5-12,16H,4,14-15H2,1-3H3,(H2,23,24,25);1H. The van der Waals surface area contributed by atoms with Crippen LogP contribution in [0.1, 0.15) is 25.0 Å². The summed E-state index contributed by atoms with van der Waals surface area (Å²) < 4.78 is 11.1.